The number of halogens is 2. The summed E-state index contributed by atoms with van der Waals surface area (Å²) >= 11 is 0. The Kier molecular flexibility index (Phi) is 6.00. The molecule has 1 heterocycles. The van der Waals surface area contributed by atoms with Crippen molar-refractivity contribution < 1.29 is 27.8 Å². The van der Waals surface area contributed by atoms with E-state index < -0.39 is 17.6 Å². The Morgan fingerprint density at radius 3 is 2.48 bits per heavy atom. The summed E-state index contributed by atoms with van der Waals surface area (Å²) in [5.74, 6) is -1.78. The average molecular weight is 404 g/mol. The molecule has 6 nitrogen and oxygen atoms in total. The van der Waals surface area contributed by atoms with Crippen molar-refractivity contribution in [1.29, 1.82) is 0 Å². The predicted octanol–water partition coefficient (Wildman–Crippen LogP) is 2.99. The average Bonchev–Trinajstić information content (AvgIpc) is 3.11. The monoisotopic (exact) mass is 404 g/mol. The number of nitrogens with zero attached hydrogens (tertiary/aromatic N) is 2. The molecule has 154 valence electrons. The molecule has 3 rings (SSSR count). The molecule has 1 aliphatic rings. The Morgan fingerprint density at radius 1 is 1.10 bits per heavy atom. The van der Waals surface area contributed by atoms with Crippen LogP contribution < -0.4 is 14.4 Å². The molecule has 0 aliphatic carbocycles. The number of methoxy groups -OCH3 is 2. The van der Waals surface area contributed by atoms with Gasteiger partial charge in [-0.2, -0.15) is 0 Å². The van der Waals surface area contributed by atoms with Gasteiger partial charge in [-0.25, -0.2) is 8.78 Å². The minimum absolute atomic E-state index is 0.0787. The van der Waals surface area contributed by atoms with Gasteiger partial charge in [0.1, 0.15) is 0 Å². The number of hydrogen-bond acceptors (Lipinski definition) is 4. The molecule has 1 saturated heterocycles. The van der Waals surface area contributed by atoms with Gasteiger partial charge in [0.25, 0.3) is 0 Å². The number of rotatable bonds is 6. The molecular weight excluding hydrogens is 382 g/mol. The third-order valence-corrected chi connectivity index (χ3v) is 4.93. The van der Waals surface area contributed by atoms with Crippen LogP contribution in [0.2, 0.25) is 0 Å². The molecular formula is C21H22F2N2O4. The van der Waals surface area contributed by atoms with Crippen LogP contribution in [0.25, 0.3) is 0 Å². The topological polar surface area (TPSA) is 59.1 Å². The van der Waals surface area contributed by atoms with Crippen LogP contribution in [-0.4, -0.2) is 44.5 Å². The second-order valence-corrected chi connectivity index (χ2v) is 6.89. The van der Waals surface area contributed by atoms with E-state index in [-0.39, 0.29) is 31.3 Å². The van der Waals surface area contributed by atoms with Crippen molar-refractivity contribution in [2.24, 2.45) is 5.92 Å². The number of benzene rings is 2. The molecule has 1 unspecified atom stereocenters. The summed E-state index contributed by atoms with van der Waals surface area (Å²) in [6.45, 7) is 0.354. The Hall–Kier alpha value is -3.16. The lowest BCUT2D eigenvalue weighted by molar-refractivity contribution is -0.135. The maximum Gasteiger partial charge on any atom is 0.228 e. The first-order valence-corrected chi connectivity index (χ1v) is 9.05. The minimum atomic E-state index is -0.959. The molecule has 8 heteroatoms. The normalized spacial score (nSPS) is 16.1. The van der Waals surface area contributed by atoms with Gasteiger partial charge in [-0.3, -0.25) is 9.59 Å². The summed E-state index contributed by atoms with van der Waals surface area (Å²) in [4.78, 5) is 28.2. The maximum atomic E-state index is 13.4. The molecule has 2 aromatic rings. The number of hydrogen-bond donors (Lipinski definition) is 0. The van der Waals surface area contributed by atoms with Gasteiger partial charge in [0.2, 0.25) is 11.8 Å². The highest BCUT2D eigenvalue weighted by Gasteiger charge is 2.36. The third kappa shape index (κ3) is 4.31. The molecule has 1 atom stereocenters. The molecule has 29 heavy (non-hydrogen) atoms. The molecule has 0 spiro atoms. The molecule has 0 aromatic heterocycles. The van der Waals surface area contributed by atoms with E-state index in [0.717, 1.165) is 12.1 Å². The molecule has 0 N–H and O–H groups in total. The number of ether oxygens (including phenoxy) is 2. The van der Waals surface area contributed by atoms with Gasteiger partial charge in [0, 0.05) is 38.3 Å². The Balaban J connectivity index is 1.70. The van der Waals surface area contributed by atoms with E-state index in [1.165, 1.54) is 30.1 Å². The Bertz CT molecular complexity index is 935. The quantitative estimate of drug-likeness (QED) is 0.743. The van der Waals surface area contributed by atoms with Gasteiger partial charge in [-0.05, 0) is 29.8 Å². The van der Waals surface area contributed by atoms with Gasteiger partial charge in [-0.1, -0.05) is 6.07 Å². The smallest absolute Gasteiger partial charge is 0.228 e. The van der Waals surface area contributed by atoms with Gasteiger partial charge < -0.3 is 19.3 Å². The van der Waals surface area contributed by atoms with Crippen LogP contribution in [0.1, 0.15) is 12.0 Å². The van der Waals surface area contributed by atoms with E-state index in [0.29, 0.717) is 22.7 Å². The van der Waals surface area contributed by atoms with Gasteiger partial charge in [0.15, 0.2) is 23.1 Å². The molecule has 0 saturated carbocycles. The molecule has 2 amide bonds. The van der Waals surface area contributed by atoms with E-state index in [9.17, 15) is 18.4 Å². The predicted molar refractivity (Wildman–Crippen MR) is 103 cm³/mol. The van der Waals surface area contributed by atoms with Crippen molar-refractivity contribution in [3.63, 3.8) is 0 Å². The summed E-state index contributed by atoms with van der Waals surface area (Å²) < 4.78 is 36.9. The molecule has 1 aliphatic heterocycles. The van der Waals surface area contributed by atoms with E-state index in [2.05, 4.69) is 0 Å². The number of amides is 2. The van der Waals surface area contributed by atoms with Crippen LogP contribution in [0, 0.1) is 17.6 Å². The van der Waals surface area contributed by atoms with Crippen molar-refractivity contribution in [1.82, 2.24) is 4.90 Å². The molecule has 0 bridgehead atoms. The second kappa shape index (κ2) is 8.46. The van der Waals surface area contributed by atoms with Crippen LogP contribution >= 0.6 is 0 Å². The van der Waals surface area contributed by atoms with E-state index in [4.69, 9.17) is 9.47 Å². The number of anilines is 1. The van der Waals surface area contributed by atoms with Crippen molar-refractivity contribution >= 4 is 17.5 Å². The van der Waals surface area contributed by atoms with Gasteiger partial charge in [0.05, 0.1) is 20.1 Å². The van der Waals surface area contributed by atoms with Crippen LogP contribution in [0.15, 0.2) is 36.4 Å². The zero-order valence-corrected chi connectivity index (χ0v) is 16.4. The minimum Gasteiger partial charge on any atom is -0.493 e. The third-order valence-electron chi connectivity index (χ3n) is 4.93. The molecule has 2 aromatic carbocycles. The zero-order chi connectivity index (χ0) is 21.1. The summed E-state index contributed by atoms with van der Waals surface area (Å²) in [6, 6.07) is 8.64. The highest BCUT2D eigenvalue weighted by molar-refractivity contribution is 6.00. The SMILES string of the molecule is COc1ccc(N2CC(C(=O)N(C)Cc3ccc(F)c(F)c3)CC2=O)cc1OC. The Labute approximate surface area is 167 Å². The zero-order valence-electron chi connectivity index (χ0n) is 16.4. The lowest BCUT2D eigenvalue weighted by Gasteiger charge is -2.22. The lowest BCUT2D eigenvalue weighted by Crippen LogP contribution is -2.34. The van der Waals surface area contributed by atoms with Crippen molar-refractivity contribution in [3.8, 4) is 11.5 Å². The molecule has 0 radical (unpaired) electrons. The highest BCUT2D eigenvalue weighted by atomic mass is 19.2. The fourth-order valence-corrected chi connectivity index (χ4v) is 3.42. The molecule has 1 fully saturated rings. The van der Waals surface area contributed by atoms with E-state index in [1.54, 1.807) is 25.2 Å². The highest BCUT2D eigenvalue weighted by Crippen LogP contribution is 2.34. The first kappa shape index (κ1) is 20.6. The summed E-state index contributed by atoms with van der Waals surface area (Å²) in [5, 5.41) is 0. The van der Waals surface area contributed by atoms with Crippen LogP contribution in [-0.2, 0) is 16.1 Å². The van der Waals surface area contributed by atoms with Gasteiger partial charge in [-0.15, -0.1) is 0 Å². The maximum absolute atomic E-state index is 13.4. The standard InChI is InChI=1S/C21H22F2N2O4/c1-24(11-13-4-6-16(22)17(23)8-13)21(27)14-9-20(26)25(12-14)15-5-7-18(28-2)19(10-15)29-3/h4-8,10,14H,9,11-12H2,1-3H3. The van der Waals surface area contributed by atoms with Crippen molar-refractivity contribution in [2.75, 3.05) is 32.7 Å². The summed E-state index contributed by atoms with van der Waals surface area (Å²) in [7, 11) is 4.61. The van der Waals surface area contributed by atoms with Crippen molar-refractivity contribution in [3.05, 3.63) is 53.6 Å². The summed E-state index contributed by atoms with van der Waals surface area (Å²) in [5.41, 5.74) is 1.09. The van der Waals surface area contributed by atoms with Crippen LogP contribution in [0.5, 0.6) is 11.5 Å². The number of carbonyl (C=O) groups is 2. The van der Waals surface area contributed by atoms with Gasteiger partial charge >= 0.3 is 0 Å². The van der Waals surface area contributed by atoms with E-state index in [1.807, 2.05) is 0 Å². The fourth-order valence-electron chi connectivity index (χ4n) is 3.42. The van der Waals surface area contributed by atoms with Crippen LogP contribution in [0.4, 0.5) is 14.5 Å². The van der Waals surface area contributed by atoms with E-state index >= 15 is 0 Å². The first-order chi connectivity index (χ1) is 13.8. The fraction of sp³-hybridized carbons (Fsp3) is 0.333. The lowest BCUT2D eigenvalue weighted by atomic mass is 10.1. The first-order valence-electron chi connectivity index (χ1n) is 9.05. The van der Waals surface area contributed by atoms with Crippen LogP contribution in [0.3, 0.4) is 0 Å². The number of carbonyl (C=O) groups excluding carboxylic acids is 2. The Morgan fingerprint density at radius 2 is 1.83 bits per heavy atom. The second-order valence-electron chi connectivity index (χ2n) is 6.89. The largest absolute Gasteiger partial charge is 0.493 e. The summed E-state index contributed by atoms with van der Waals surface area (Å²) in [6.07, 6.45) is 0.0787. The van der Waals surface area contributed by atoms with Crippen molar-refractivity contribution in [2.45, 2.75) is 13.0 Å².